The molecule has 0 heteroatoms. The molecule has 30 heavy (non-hydrogen) atoms. The summed E-state index contributed by atoms with van der Waals surface area (Å²) in [6.07, 6.45) is 25.1. The summed E-state index contributed by atoms with van der Waals surface area (Å²) >= 11 is 0. The van der Waals surface area contributed by atoms with Gasteiger partial charge in [0.1, 0.15) is 0 Å². The zero-order valence-corrected chi connectivity index (χ0v) is 21.9. The highest BCUT2D eigenvalue weighted by Gasteiger charge is 2.03. The highest BCUT2D eigenvalue weighted by atomic mass is 14.1. The molecule has 0 saturated carbocycles. The molecule has 0 aromatic heterocycles. The molecule has 0 saturated heterocycles. The van der Waals surface area contributed by atoms with E-state index < -0.39 is 0 Å². The fourth-order valence-corrected chi connectivity index (χ4v) is 3.85. The Bertz CT molecular complexity index is 534. The van der Waals surface area contributed by atoms with Gasteiger partial charge in [-0.2, -0.15) is 0 Å². The quantitative estimate of drug-likeness (QED) is 0.164. The van der Waals surface area contributed by atoms with Crippen molar-refractivity contribution in [2.45, 2.75) is 132 Å². The van der Waals surface area contributed by atoms with Crippen LogP contribution in [0.3, 0.4) is 0 Å². The van der Waals surface area contributed by atoms with E-state index in [1.165, 1.54) is 88.2 Å². The SMILES string of the molecule is CC(C)=CCC/C(C)=C\CC/C(C)=C/CC/C=C(\C)CCCC(C)CCCC(C)C. The molecule has 174 valence electrons. The maximum absolute atomic E-state index is 2.47. The number of hydrogen-bond acceptors (Lipinski definition) is 0. The molecule has 0 bridgehead atoms. The minimum Gasteiger partial charge on any atom is -0.0856 e. The first kappa shape index (κ1) is 29.0. The van der Waals surface area contributed by atoms with Crippen LogP contribution in [0.5, 0.6) is 0 Å². The van der Waals surface area contributed by atoms with Gasteiger partial charge in [0.2, 0.25) is 0 Å². The average molecular weight is 415 g/mol. The van der Waals surface area contributed by atoms with Crippen molar-refractivity contribution in [3.63, 3.8) is 0 Å². The van der Waals surface area contributed by atoms with Gasteiger partial charge in [-0.05, 0) is 97.8 Å². The molecule has 0 aromatic rings. The van der Waals surface area contributed by atoms with Crippen molar-refractivity contribution >= 4 is 0 Å². The van der Waals surface area contributed by atoms with Crippen molar-refractivity contribution in [2.75, 3.05) is 0 Å². The summed E-state index contributed by atoms with van der Waals surface area (Å²) in [7, 11) is 0. The lowest BCUT2D eigenvalue weighted by atomic mass is 9.94. The number of hydrogen-bond donors (Lipinski definition) is 0. The van der Waals surface area contributed by atoms with Crippen molar-refractivity contribution < 1.29 is 0 Å². The highest BCUT2D eigenvalue weighted by molar-refractivity contribution is 5.06. The van der Waals surface area contributed by atoms with Gasteiger partial charge in [-0.1, -0.05) is 93.1 Å². The van der Waals surface area contributed by atoms with Crippen molar-refractivity contribution in [3.05, 3.63) is 46.6 Å². The normalized spacial score (nSPS) is 14.4. The van der Waals surface area contributed by atoms with Crippen LogP contribution in [0.4, 0.5) is 0 Å². The van der Waals surface area contributed by atoms with E-state index in [2.05, 4.69) is 79.7 Å². The Labute approximate surface area is 191 Å². The predicted molar refractivity (Wildman–Crippen MR) is 140 cm³/mol. The van der Waals surface area contributed by atoms with Gasteiger partial charge in [0.15, 0.2) is 0 Å². The maximum atomic E-state index is 2.47. The molecule has 0 aliphatic carbocycles. The van der Waals surface area contributed by atoms with Crippen LogP contribution in [0.2, 0.25) is 0 Å². The Hall–Kier alpha value is -1.04. The van der Waals surface area contributed by atoms with Crippen LogP contribution in [-0.2, 0) is 0 Å². The van der Waals surface area contributed by atoms with E-state index in [-0.39, 0.29) is 0 Å². The summed E-state index contributed by atoms with van der Waals surface area (Å²) in [4.78, 5) is 0. The summed E-state index contributed by atoms with van der Waals surface area (Å²) in [5.74, 6) is 1.75. The van der Waals surface area contributed by atoms with Crippen molar-refractivity contribution in [3.8, 4) is 0 Å². The lowest BCUT2D eigenvalue weighted by molar-refractivity contribution is 0.427. The molecule has 1 atom stereocenters. The third kappa shape index (κ3) is 20.2. The second kappa shape index (κ2) is 18.7. The van der Waals surface area contributed by atoms with Crippen LogP contribution in [0, 0.1) is 11.8 Å². The van der Waals surface area contributed by atoms with E-state index >= 15 is 0 Å². The largest absolute Gasteiger partial charge is 0.0856 e. The molecule has 0 aliphatic heterocycles. The average Bonchev–Trinajstić information content (AvgIpc) is 2.64. The molecule has 0 aliphatic rings. The van der Waals surface area contributed by atoms with Gasteiger partial charge in [-0.15, -0.1) is 0 Å². The molecule has 0 heterocycles. The topological polar surface area (TPSA) is 0 Å². The molecule has 0 spiro atoms. The van der Waals surface area contributed by atoms with Crippen LogP contribution in [0.25, 0.3) is 0 Å². The summed E-state index contributed by atoms with van der Waals surface area (Å²) in [6, 6.07) is 0. The Morgan fingerprint density at radius 2 is 1.00 bits per heavy atom. The zero-order chi connectivity index (χ0) is 22.8. The third-order valence-electron chi connectivity index (χ3n) is 6.02. The first-order valence-electron chi connectivity index (χ1n) is 12.8. The lowest BCUT2D eigenvalue weighted by Crippen LogP contribution is -1.97. The molecular formula is C30H54. The molecule has 1 unspecified atom stereocenters. The standard InChI is InChI=1S/C30H54/c1-25(2)15-11-19-29(7)23-13-21-27(5)17-9-10-18-28(6)22-14-24-30(8)20-12-16-26(3)4/h15,17-18,23,26,30H,9-14,16,19-22,24H2,1-8H3/b27-17+,28-18+,29-23-. The van der Waals surface area contributed by atoms with E-state index in [1.807, 2.05) is 0 Å². The molecular weight excluding hydrogens is 360 g/mol. The summed E-state index contributed by atoms with van der Waals surface area (Å²) in [5.41, 5.74) is 6.10. The molecule has 0 aromatic carbocycles. The smallest absolute Gasteiger partial charge is 0.0288 e. The maximum Gasteiger partial charge on any atom is -0.0288 e. The first-order chi connectivity index (χ1) is 14.2. The van der Waals surface area contributed by atoms with Gasteiger partial charge < -0.3 is 0 Å². The van der Waals surface area contributed by atoms with Crippen molar-refractivity contribution in [1.29, 1.82) is 0 Å². The molecule has 0 radical (unpaired) electrons. The van der Waals surface area contributed by atoms with Crippen LogP contribution in [0.1, 0.15) is 132 Å². The van der Waals surface area contributed by atoms with Crippen molar-refractivity contribution in [2.24, 2.45) is 11.8 Å². The Morgan fingerprint density at radius 1 is 0.533 bits per heavy atom. The van der Waals surface area contributed by atoms with E-state index in [0.717, 1.165) is 11.8 Å². The third-order valence-corrected chi connectivity index (χ3v) is 6.02. The predicted octanol–water partition coefficient (Wildman–Crippen LogP) is 10.8. The van der Waals surface area contributed by atoms with Crippen LogP contribution in [0.15, 0.2) is 46.6 Å². The fourth-order valence-electron chi connectivity index (χ4n) is 3.85. The van der Waals surface area contributed by atoms with E-state index in [1.54, 1.807) is 11.1 Å². The van der Waals surface area contributed by atoms with Gasteiger partial charge >= 0.3 is 0 Å². The fraction of sp³-hybridized carbons (Fsp3) is 0.733. The summed E-state index contributed by atoms with van der Waals surface area (Å²) in [6.45, 7) is 18.4. The number of rotatable bonds is 17. The van der Waals surface area contributed by atoms with E-state index in [9.17, 15) is 0 Å². The minimum absolute atomic E-state index is 0.859. The van der Waals surface area contributed by atoms with E-state index in [4.69, 9.17) is 0 Å². The summed E-state index contributed by atoms with van der Waals surface area (Å²) < 4.78 is 0. The molecule has 0 amide bonds. The Morgan fingerprint density at radius 3 is 1.53 bits per heavy atom. The molecule has 0 N–H and O–H groups in total. The van der Waals surface area contributed by atoms with Crippen LogP contribution >= 0.6 is 0 Å². The van der Waals surface area contributed by atoms with E-state index in [0.29, 0.717) is 0 Å². The van der Waals surface area contributed by atoms with Gasteiger partial charge in [-0.25, -0.2) is 0 Å². The Balaban J connectivity index is 3.91. The van der Waals surface area contributed by atoms with Crippen LogP contribution in [-0.4, -0.2) is 0 Å². The molecule has 0 nitrogen and oxygen atoms in total. The summed E-state index contributed by atoms with van der Waals surface area (Å²) in [5, 5.41) is 0. The second-order valence-electron chi connectivity index (χ2n) is 10.4. The Kier molecular flexibility index (Phi) is 18.1. The van der Waals surface area contributed by atoms with Gasteiger partial charge in [0.25, 0.3) is 0 Å². The zero-order valence-electron chi connectivity index (χ0n) is 21.9. The monoisotopic (exact) mass is 414 g/mol. The van der Waals surface area contributed by atoms with Gasteiger partial charge in [0, 0.05) is 0 Å². The van der Waals surface area contributed by atoms with Gasteiger partial charge in [0.05, 0.1) is 0 Å². The minimum atomic E-state index is 0.859. The number of allylic oxidation sites excluding steroid dienone is 8. The highest BCUT2D eigenvalue weighted by Crippen LogP contribution is 2.19. The second-order valence-corrected chi connectivity index (χ2v) is 10.4. The first-order valence-corrected chi connectivity index (χ1v) is 12.8. The van der Waals surface area contributed by atoms with Crippen LogP contribution < -0.4 is 0 Å². The number of unbranched alkanes of at least 4 members (excludes halogenated alkanes) is 1. The lowest BCUT2D eigenvalue weighted by Gasteiger charge is -2.12. The molecule has 0 rings (SSSR count). The van der Waals surface area contributed by atoms with Crippen molar-refractivity contribution in [1.82, 2.24) is 0 Å². The van der Waals surface area contributed by atoms with Gasteiger partial charge in [-0.3, -0.25) is 0 Å². The molecule has 0 fully saturated rings.